The van der Waals surface area contributed by atoms with Crippen molar-refractivity contribution in [1.82, 2.24) is 4.98 Å². The van der Waals surface area contributed by atoms with E-state index >= 15 is 0 Å². The van der Waals surface area contributed by atoms with Gasteiger partial charge in [-0.05, 0) is 23.6 Å². The summed E-state index contributed by atoms with van der Waals surface area (Å²) in [6, 6.07) is 18.4. The maximum absolute atomic E-state index is 13.4. The molecule has 0 unspecified atom stereocenters. The van der Waals surface area contributed by atoms with E-state index in [-0.39, 0.29) is 23.9 Å². The quantitative estimate of drug-likeness (QED) is 0.724. The molecule has 0 fully saturated rings. The molecule has 3 aromatic rings. The molecule has 0 radical (unpaired) electrons. The maximum Gasteiger partial charge on any atom is 0.238 e. The lowest BCUT2D eigenvalue weighted by Gasteiger charge is -2.28. The van der Waals surface area contributed by atoms with E-state index in [1.165, 1.54) is 12.3 Å². The fourth-order valence-corrected chi connectivity index (χ4v) is 4.02. The second kappa shape index (κ2) is 7.47. The van der Waals surface area contributed by atoms with E-state index in [1.807, 2.05) is 54.6 Å². The minimum Gasteiger partial charge on any atom is -0.325 e. The van der Waals surface area contributed by atoms with Gasteiger partial charge < -0.3 is 10.2 Å². The van der Waals surface area contributed by atoms with Crippen LogP contribution in [0.3, 0.4) is 0 Å². The Balaban J connectivity index is 1.72. The standard InChI is InChI=1S/C23H20FN3O2/c1-27-20-10-6-5-9-19(20)23(22(27)29,12-16-7-3-2-4-8-16)13-21(28)26-18-11-17(24)14-25-15-18/h2-11,14-15H,12-13H2,1H3,(H,26,28)/t23-/m1/s1. The third-order valence-electron chi connectivity index (χ3n) is 5.29. The van der Waals surface area contributed by atoms with Crippen molar-refractivity contribution in [2.24, 2.45) is 0 Å². The zero-order valence-corrected chi connectivity index (χ0v) is 15.9. The molecule has 1 atom stereocenters. The van der Waals surface area contributed by atoms with E-state index < -0.39 is 11.2 Å². The van der Waals surface area contributed by atoms with Crippen molar-refractivity contribution in [3.63, 3.8) is 0 Å². The Morgan fingerprint density at radius 2 is 1.83 bits per heavy atom. The molecule has 2 heterocycles. The van der Waals surface area contributed by atoms with E-state index in [1.54, 1.807) is 11.9 Å². The second-order valence-electron chi connectivity index (χ2n) is 7.24. The van der Waals surface area contributed by atoms with Gasteiger partial charge in [0.25, 0.3) is 0 Å². The highest BCUT2D eigenvalue weighted by atomic mass is 19.1. The van der Waals surface area contributed by atoms with E-state index in [0.29, 0.717) is 6.42 Å². The second-order valence-corrected chi connectivity index (χ2v) is 7.24. The van der Waals surface area contributed by atoms with Crippen LogP contribution in [0.5, 0.6) is 0 Å². The summed E-state index contributed by atoms with van der Waals surface area (Å²) >= 11 is 0. The first-order valence-corrected chi connectivity index (χ1v) is 9.32. The molecule has 4 rings (SSSR count). The number of benzene rings is 2. The predicted octanol–water partition coefficient (Wildman–Crippen LogP) is 3.71. The third-order valence-corrected chi connectivity index (χ3v) is 5.29. The van der Waals surface area contributed by atoms with Crippen molar-refractivity contribution in [3.8, 4) is 0 Å². The van der Waals surface area contributed by atoms with Crippen LogP contribution in [-0.2, 0) is 21.4 Å². The fourth-order valence-electron chi connectivity index (χ4n) is 4.02. The van der Waals surface area contributed by atoms with Crippen molar-refractivity contribution in [2.45, 2.75) is 18.3 Å². The number of pyridine rings is 1. The maximum atomic E-state index is 13.4. The molecule has 0 saturated carbocycles. The number of aromatic nitrogens is 1. The van der Waals surface area contributed by atoms with Crippen LogP contribution in [-0.4, -0.2) is 23.8 Å². The van der Waals surface area contributed by atoms with Gasteiger partial charge in [-0.3, -0.25) is 14.6 Å². The number of carbonyl (C=O) groups is 2. The monoisotopic (exact) mass is 389 g/mol. The Morgan fingerprint density at radius 3 is 2.59 bits per heavy atom. The predicted molar refractivity (Wildman–Crippen MR) is 109 cm³/mol. The summed E-state index contributed by atoms with van der Waals surface area (Å²) < 4.78 is 13.4. The lowest BCUT2D eigenvalue weighted by atomic mass is 9.73. The van der Waals surface area contributed by atoms with Gasteiger partial charge in [0.15, 0.2) is 0 Å². The first-order valence-electron chi connectivity index (χ1n) is 9.32. The summed E-state index contributed by atoms with van der Waals surface area (Å²) in [5.41, 5.74) is 1.82. The highest BCUT2D eigenvalue weighted by Crippen LogP contribution is 2.45. The molecule has 0 spiro atoms. The Hall–Kier alpha value is -3.54. The van der Waals surface area contributed by atoms with Crippen LogP contribution in [0.1, 0.15) is 17.5 Å². The first kappa shape index (κ1) is 18.8. The zero-order chi connectivity index (χ0) is 20.4. The van der Waals surface area contributed by atoms with Gasteiger partial charge in [0.2, 0.25) is 11.8 Å². The molecular weight excluding hydrogens is 369 g/mol. The number of nitrogens with one attached hydrogen (secondary N) is 1. The molecule has 146 valence electrons. The highest BCUT2D eigenvalue weighted by molar-refractivity contribution is 6.10. The Bertz CT molecular complexity index is 1070. The molecule has 2 amide bonds. The number of carbonyl (C=O) groups excluding carboxylic acids is 2. The van der Waals surface area contributed by atoms with E-state index in [4.69, 9.17) is 0 Å². The van der Waals surface area contributed by atoms with Gasteiger partial charge in [0, 0.05) is 25.2 Å². The molecule has 1 aliphatic rings. The molecule has 0 saturated heterocycles. The van der Waals surface area contributed by atoms with Crippen molar-refractivity contribution in [1.29, 1.82) is 0 Å². The molecule has 1 N–H and O–H groups in total. The smallest absolute Gasteiger partial charge is 0.238 e. The first-order chi connectivity index (χ1) is 14.0. The van der Waals surface area contributed by atoms with Gasteiger partial charge in [-0.2, -0.15) is 0 Å². The summed E-state index contributed by atoms with van der Waals surface area (Å²) in [5.74, 6) is -1.04. The van der Waals surface area contributed by atoms with Gasteiger partial charge in [-0.1, -0.05) is 48.5 Å². The highest BCUT2D eigenvalue weighted by Gasteiger charge is 2.50. The van der Waals surface area contributed by atoms with Crippen LogP contribution >= 0.6 is 0 Å². The van der Waals surface area contributed by atoms with Crippen LogP contribution in [0.2, 0.25) is 0 Å². The van der Waals surface area contributed by atoms with Crippen LogP contribution in [0.15, 0.2) is 73.1 Å². The lowest BCUT2D eigenvalue weighted by molar-refractivity contribution is -0.127. The average Bonchev–Trinajstić information content (AvgIpc) is 2.91. The fraction of sp³-hybridized carbons (Fsp3) is 0.174. The molecule has 1 aromatic heterocycles. The summed E-state index contributed by atoms with van der Waals surface area (Å²) in [6.07, 6.45) is 2.78. The van der Waals surface area contributed by atoms with E-state index in [0.717, 1.165) is 23.0 Å². The van der Waals surface area contributed by atoms with Gasteiger partial charge in [-0.15, -0.1) is 0 Å². The van der Waals surface area contributed by atoms with Crippen molar-refractivity contribution in [2.75, 3.05) is 17.3 Å². The Kier molecular flexibility index (Phi) is 4.84. The van der Waals surface area contributed by atoms with Crippen LogP contribution < -0.4 is 10.2 Å². The van der Waals surface area contributed by atoms with E-state index in [2.05, 4.69) is 10.3 Å². The SMILES string of the molecule is CN1C(=O)[C@@](CC(=O)Nc2cncc(F)c2)(Cc2ccccc2)c2ccccc21. The number of nitrogens with zero attached hydrogens (tertiary/aromatic N) is 2. The largest absolute Gasteiger partial charge is 0.325 e. The minimum absolute atomic E-state index is 0.0570. The van der Waals surface area contributed by atoms with Gasteiger partial charge in [0.05, 0.1) is 23.5 Å². The number of amides is 2. The number of halogens is 1. The molecule has 6 heteroatoms. The van der Waals surface area contributed by atoms with Gasteiger partial charge in [-0.25, -0.2) is 4.39 Å². The lowest BCUT2D eigenvalue weighted by Crippen LogP contribution is -2.43. The number of anilines is 2. The van der Waals surface area contributed by atoms with Crippen molar-refractivity contribution in [3.05, 3.63) is 90.0 Å². The topological polar surface area (TPSA) is 62.3 Å². The van der Waals surface area contributed by atoms with Crippen LogP contribution in [0.25, 0.3) is 0 Å². The zero-order valence-electron chi connectivity index (χ0n) is 15.9. The van der Waals surface area contributed by atoms with Crippen LogP contribution in [0, 0.1) is 5.82 Å². The van der Waals surface area contributed by atoms with Crippen molar-refractivity contribution < 1.29 is 14.0 Å². The van der Waals surface area contributed by atoms with Crippen LogP contribution in [0.4, 0.5) is 15.8 Å². The Morgan fingerprint density at radius 1 is 1.10 bits per heavy atom. The molecule has 0 aliphatic carbocycles. The number of fused-ring (bicyclic) bond motifs is 1. The minimum atomic E-state index is -1.03. The molecule has 29 heavy (non-hydrogen) atoms. The number of para-hydroxylation sites is 1. The third kappa shape index (κ3) is 3.49. The molecule has 1 aliphatic heterocycles. The molecule has 5 nitrogen and oxygen atoms in total. The summed E-state index contributed by atoms with van der Waals surface area (Å²) in [7, 11) is 1.72. The number of likely N-dealkylation sites (N-methyl/N-ethyl adjacent to an activating group) is 1. The number of hydrogen-bond donors (Lipinski definition) is 1. The summed E-state index contributed by atoms with van der Waals surface area (Å²) in [6.45, 7) is 0. The Labute approximate surface area is 168 Å². The molecular formula is C23H20FN3O2. The average molecular weight is 389 g/mol. The summed E-state index contributed by atoms with van der Waals surface area (Å²) in [4.78, 5) is 31.7. The molecule has 0 bridgehead atoms. The summed E-state index contributed by atoms with van der Waals surface area (Å²) in [5, 5.41) is 2.67. The van der Waals surface area contributed by atoms with Gasteiger partial charge in [0.1, 0.15) is 5.82 Å². The number of hydrogen-bond acceptors (Lipinski definition) is 3. The van der Waals surface area contributed by atoms with Crippen molar-refractivity contribution >= 4 is 23.2 Å². The number of rotatable bonds is 5. The van der Waals surface area contributed by atoms with E-state index in [9.17, 15) is 14.0 Å². The normalized spacial score (nSPS) is 17.9. The van der Waals surface area contributed by atoms with Gasteiger partial charge >= 0.3 is 0 Å². The molecule has 2 aromatic carbocycles.